The van der Waals surface area contributed by atoms with E-state index in [4.69, 9.17) is 9.84 Å². The number of aromatic hydroxyl groups is 1. The van der Waals surface area contributed by atoms with Crippen molar-refractivity contribution in [3.63, 3.8) is 0 Å². The van der Waals surface area contributed by atoms with Gasteiger partial charge in [0.2, 0.25) is 5.88 Å². The smallest absolute Gasteiger partial charge is 0.282 e. The van der Waals surface area contributed by atoms with E-state index in [-0.39, 0.29) is 30.6 Å². The number of ether oxygens (including phenoxy) is 1. The second kappa shape index (κ2) is 5.01. The number of hydrogen-bond donors (Lipinski definition) is 2. The molecule has 1 aromatic rings. The Morgan fingerprint density at radius 1 is 1.53 bits per heavy atom. The molecule has 0 aliphatic carbocycles. The van der Waals surface area contributed by atoms with Crippen molar-refractivity contribution in [2.45, 2.75) is 25.5 Å². The van der Waals surface area contributed by atoms with E-state index in [1.807, 2.05) is 0 Å². The topological polar surface area (TPSA) is 54.4 Å². The van der Waals surface area contributed by atoms with E-state index >= 15 is 0 Å². The summed E-state index contributed by atoms with van der Waals surface area (Å²) in [5, 5.41) is 12.0. The molecule has 0 spiro atoms. The summed E-state index contributed by atoms with van der Waals surface area (Å²) >= 11 is 0. The van der Waals surface area contributed by atoms with Crippen molar-refractivity contribution in [3.8, 4) is 11.6 Å². The first kappa shape index (κ1) is 13.9. The molecule has 0 saturated carbocycles. The molecule has 0 aromatic carbocycles. The molecule has 0 amide bonds. The highest BCUT2D eigenvalue weighted by Gasteiger charge is 2.37. The van der Waals surface area contributed by atoms with Gasteiger partial charge in [0.25, 0.3) is 5.92 Å². The van der Waals surface area contributed by atoms with Crippen molar-refractivity contribution in [2.75, 3.05) is 6.54 Å². The number of nitrogens with one attached hydrogen (secondary N) is 1. The highest BCUT2D eigenvalue weighted by atomic mass is 35.5. The van der Waals surface area contributed by atoms with Crippen LogP contribution in [0.1, 0.15) is 12.6 Å². The molecule has 17 heavy (non-hydrogen) atoms. The number of fused-ring (bicyclic) bond motifs is 1. The lowest BCUT2D eigenvalue weighted by Gasteiger charge is -2.22. The summed E-state index contributed by atoms with van der Waals surface area (Å²) in [6.07, 6.45) is -1.22. The van der Waals surface area contributed by atoms with Gasteiger partial charge in [0.15, 0.2) is 6.10 Å². The van der Waals surface area contributed by atoms with Gasteiger partial charge in [0.05, 0.1) is 0 Å². The average molecular weight is 267 g/mol. The van der Waals surface area contributed by atoms with Gasteiger partial charge >= 0.3 is 0 Å². The third-order valence-electron chi connectivity index (χ3n) is 2.37. The molecule has 1 aromatic heterocycles. The lowest BCUT2D eigenvalue weighted by molar-refractivity contribution is -0.0771. The zero-order valence-electron chi connectivity index (χ0n) is 9.11. The Bertz CT molecular complexity index is 398. The number of hydrogen-bond acceptors (Lipinski definition) is 4. The predicted molar refractivity (Wildman–Crippen MR) is 59.9 cm³/mol. The molecule has 96 valence electrons. The van der Waals surface area contributed by atoms with Gasteiger partial charge in [-0.25, -0.2) is 13.8 Å². The molecular formula is C10H13ClF2N2O2. The fourth-order valence-corrected chi connectivity index (χ4v) is 1.51. The van der Waals surface area contributed by atoms with Gasteiger partial charge in [-0.15, -0.1) is 12.4 Å². The van der Waals surface area contributed by atoms with Crippen LogP contribution in [0.5, 0.6) is 11.6 Å². The fraction of sp³-hybridized carbons (Fsp3) is 0.500. The van der Waals surface area contributed by atoms with Gasteiger partial charge in [-0.3, -0.25) is 0 Å². The summed E-state index contributed by atoms with van der Waals surface area (Å²) in [7, 11) is 0. The molecule has 2 rings (SSSR count). The van der Waals surface area contributed by atoms with Gasteiger partial charge in [0, 0.05) is 26.1 Å². The quantitative estimate of drug-likeness (QED) is 0.813. The van der Waals surface area contributed by atoms with Crippen molar-refractivity contribution in [2.24, 2.45) is 0 Å². The Balaban J connectivity index is 0.00000144. The van der Waals surface area contributed by atoms with E-state index in [0.717, 1.165) is 6.92 Å². The summed E-state index contributed by atoms with van der Waals surface area (Å²) in [6, 6.07) is 2.76. The summed E-state index contributed by atoms with van der Waals surface area (Å²) in [5.41, 5.74) is 0.437. The van der Waals surface area contributed by atoms with Crippen LogP contribution in [0.4, 0.5) is 8.78 Å². The van der Waals surface area contributed by atoms with E-state index in [0.29, 0.717) is 12.2 Å². The summed E-state index contributed by atoms with van der Waals surface area (Å²) in [6.45, 7) is 1.16. The lowest BCUT2D eigenvalue weighted by atomic mass is 10.2. The molecule has 1 aliphatic rings. The molecule has 7 heteroatoms. The maximum Gasteiger partial charge on any atom is 0.282 e. The van der Waals surface area contributed by atoms with Crippen molar-refractivity contribution in [1.29, 1.82) is 0 Å². The molecule has 0 bridgehead atoms. The SMILES string of the molecule is CC(F)(F)[C@@H]1CNCc2nc(O)ccc2O1.Cl. The number of halogens is 3. The first-order valence-electron chi connectivity index (χ1n) is 4.91. The zero-order valence-corrected chi connectivity index (χ0v) is 9.93. The minimum absolute atomic E-state index is 0. The molecule has 0 saturated heterocycles. The van der Waals surface area contributed by atoms with E-state index < -0.39 is 12.0 Å². The van der Waals surface area contributed by atoms with Crippen LogP contribution in [0, 0.1) is 0 Å². The average Bonchev–Trinajstić information content (AvgIpc) is 2.38. The number of alkyl halides is 2. The number of aromatic nitrogens is 1. The first-order chi connectivity index (χ1) is 7.47. The van der Waals surface area contributed by atoms with Crippen molar-refractivity contribution in [3.05, 3.63) is 17.8 Å². The van der Waals surface area contributed by atoms with Crippen LogP contribution in [-0.2, 0) is 6.54 Å². The summed E-state index contributed by atoms with van der Waals surface area (Å²) in [5.74, 6) is -2.79. The van der Waals surface area contributed by atoms with Gasteiger partial charge in [-0.2, -0.15) is 0 Å². The molecular weight excluding hydrogens is 254 g/mol. The largest absolute Gasteiger partial charge is 0.493 e. The number of pyridine rings is 1. The molecule has 0 fully saturated rings. The molecule has 2 N–H and O–H groups in total. The van der Waals surface area contributed by atoms with Crippen LogP contribution in [0.15, 0.2) is 12.1 Å². The maximum atomic E-state index is 13.1. The minimum Gasteiger partial charge on any atom is -0.493 e. The van der Waals surface area contributed by atoms with E-state index in [2.05, 4.69) is 10.3 Å². The highest BCUT2D eigenvalue weighted by molar-refractivity contribution is 5.85. The maximum absolute atomic E-state index is 13.1. The Kier molecular flexibility index (Phi) is 4.11. The second-order valence-electron chi connectivity index (χ2n) is 3.81. The third-order valence-corrected chi connectivity index (χ3v) is 2.37. The second-order valence-corrected chi connectivity index (χ2v) is 3.81. The Morgan fingerprint density at radius 3 is 2.88 bits per heavy atom. The molecule has 0 unspecified atom stereocenters. The molecule has 1 atom stereocenters. The van der Waals surface area contributed by atoms with Crippen LogP contribution >= 0.6 is 12.4 Å². The Morgan fingerprint density at radius 2 is 2.24 bits per heavy atom. The zero-order chi connectivity index (χ0) is 11.8. The summed E-state index contributed by atoms with van der Waals surface area (Å²) < 4.78 is 31.4. The normalized spacial score (nSPS) is 19.6. The van der Waals surface area contributed by atoms with E-state index in [9.17, 15) is 8.78 Å². The van der Waals surface area contributed by atoms with Gasteiger partial charge in [-0.05, 0) is 6.07 Å². The first-order valence-corrected chi connectivity index (χ1v) is 4.91. The van der Waals surface area contributed by atoms with Crippen LogP contribution in [0.2, 0.25) is 0 Å². The van der Waals surface area contributed by atoms with E-state index in [1.165, 1.54) is 12.1 Å². The van der Waals surface area contributed by atoms with Crippen molar-refractivity contribution < 1.29 is 18.6 Å². The fourth-order valence-electron chi connectivity index (χ4n) is 1.51. The van der Waals surface area contributed by atoms with Crippen LogP contribution < -0.4 is 10.1 Å². The highest BCUT2D eigenvalue weighted by Crippen LogP contribution is 2.28. The van der Waals surface area contributed by atoms with Crippen molar-refractivity contribution in [1.82, 2.24) is 10.3 Å². The molecule has 2 heterocycles. The van der Waals surface area contributed by atoms with Crippen LogP contribution in [0.25, 0.3) is 0 Å². The van der Waals surface area contributed by atoms with Gasteiger partial charge < -0.3 is 15.2 Å². The standard InChI is InChI=1S/C10H12F2N2O2.ClH/c1-10(11,12)8-5-13-4-6-7(16-8)2-3-9(15)14-6;/h2-3,8,13H,4-5H2,1H3,(H,14,15);1H/t8-;/m0./s1. The monoisotopic (exact) mass is 266 g/mol. The third kappa shape index (κ3) is 3.17. The summed E-state index contributed by atoms with van der Waals surface area (Å²) in [4.78, 5) is 3.81. The number of rotatable bonds is 1. The molecule has 4 nitrogen and oxygen atoms in total. The van der Waals surface area contributed by atoms with Crippen LogP contribution in [-0.4, -0.2) is 28.7 Å². The number of nitrogens with zero attached hydrogens (tertiary/aromatic N) is 1. The van der Waals surface area contributed by atoms with Crippen LogP contribution in [0.3, 0.4) is 0 Å². The predicted octanol–water partition coefficient (Wildman–Crippen LogP) is 1.71. The Labute approximate surface area is 103 Å². The molecule has 1 aliphatic heterocycles. The van der Waals surface area contributed by atoms with Crippen molar-refractivity contribution >= 4 is 12.4 Å². The lowest BCUT2D eigenvalue weighted by Crippen LogP contribution is -2.42. The van der Waals surface area contributed by atoms with E-state index in [1.54, 1.807) is 0 Å². The van der Waals surface area contributed by atoms with Gasteiger partial charge in [0.1, 0.15) is 11.4 Å². The molecule has 0 radical (unpaired) electrons. The van der Waals surface area contributed by atoms with Gasteiger partial charge in [-0.1, -0.05) is 0 Å². The minimum atomic E-state index is -2.92. The Hall–Kier alpha value is -1.14.